The van der Waals surface area contributed by atoms with Crippen molar-refractivity contribution >= 4 is 0 Å². The van der Waals surface area contributed by atoms with Crippen molar-refractivity contribution in [1.82, 2.24) is 5.32 Å². The van der Waals surface area contributed by atoms with Crippen LogP contribution in [0.2, 0.25) is 0 Å². The zero-order chi connectivity index (χ0) is 11.5. The standard InChI is InChI=1S/C14H17NO/c1-10-4-5-12(8-11(10)2)13-6-7-16-14(13)9-15-3/h4-8,15H,9H2,1-3H3. The molecule has 2 heteroatoms. The van der Waals surface area contributed by atoms with E-state index in [0.29, 0.717) is 0 Å². The summed E-state index contributed by atoms with van der Waals surface area (Å²) < 4.78 is 5.47. The van der Waals surface area contributed by atoms with Crippen LogP contribution in [0.3, 0.4) is 0 Å². The lowest BCUT2D eigenvalue weighted by Gasteiger charge is -2.05. The van der Waals surface area contributed by atoms with Gasteiger partial charge in [-0.05, 0) is 43.7 Å². The third-order valence-corrected chi connectivity index (χ3v) is 2.90. The third-order valence-electron chi connectivity index (χ3n) is 2.90. The van der Waals surface area contributed by atoms with Crippen LogP contribution in [0.25, 0.3) is 11.1 Å². The minimum atomic E-state index is 0.759. The highest BCUT2D eigenvalue weighted by Gasteiger charge is 2.08. The number of hydrogen-bond donors (Lipinski definition) is 1. The van der Waals surface area contributed by atoms with Crippen molar-refractivity contribution in [2.75, 3.05) is 7.05 Å². The molecule has 0 unspecified atom stereocenters. The molecule has 0 aliphatic rings. The normalized spacial score (nSPS) is 10.7. The van der Waals surface area contributed by atoms with Gasteiger partial charge in [-0.1, -0.05) is 18.2 Å². The molecule has 0 radical (unpaired) electrons. The second kappa shape index (κ2) is 4.54. The molecule has 0 saturated heterocycles. The van der Waals surface area contributed by atoms with Gasteiger partial charge in [0.15, 0.2) is 0 Å². The Hall–Kier alpha value is -1.54. The average Bonchev–Trinajstić information content (AvgIpc) is 2.71. The van der Waals surface area contributed by atoms with Crippen molar-refractivity contribution in [2.45, 2.75) is 20.4 Å². The van der Waals surface area contributed by atoms with Gasteiger partial charge >= 0.3 is 0 Å². The molecule has 1 N–H and O–H groups in total. The predicted octanol–water partition coefficient (Wildman–Crippen LogP) is 3.28. The van der Waals surface area contributed by atoms with Crippen LogP contribution >= 0.6 is 0 Å². The van der Waals surface area contributed by atoms with E-state index < -0.39 is 0 Å². The number of rotatable bonds is 3. The van der Waals surface area contributed by atoms with Crippen LogP contribution in [-0.4, -0.2) is 7.05 Å². The van der Waals surface area contributed by atoms with E-state index in [1.54, 1.807) is 6.26 Å². The first kappa shape index (κ1) is 11.0. The van der Waals surface area contributed by atoms with Gasteiger partial charge in [0.1, 0.15) is 5.76 Å². The summed E-state index contributed by atoms with van der Waals surface area (Å²) in [5.41, 5.74) is 5.04. The summed E-state index contributed by atoms with van der Waals surface area (Å²) in [4.78, 5) is 0. The molecule has 0 saturated carbocycles. The Morgan fingerprint density at radius 3 is 2.62 bits per heavy atom. The quantitative estimate of drug-likeness (QED) is 0.850. The summed E-state index contributed by atoms with van der Waals surface area (Å²) in [5.74, 6) is 0.991. The van der Waals surface area contributed by atoms with Gasteiger partial charge in [-0.2, -0.15) is 0 Å². The monoisotopic (exact) mass is 215 g/mol. The van der Waals surface area contributed by atoms with Gasteiger partial charge in [0, 0.05) is 5.56 Å². The Morgan fingerprint density at radius 1 is 1.12 bits per heavy atom. The number of aryl methyl sites for hydroxylation is 2. The number of furan rings is 1. The minimum absolute atomic E-state index is 0.759. The van der Waals surface area contributed by atoms with Crippen molar-refractivity contribution in [3.63, 3.8) is 0 Å². The molecule has 2 nitrogen and oxygen atoms in total. The van der Waals surface area contributed by atoms with Gasteiger partial charge in [0.2, 0.25) is 0 Å². The maximum absolute atomic E-state index is 5.47. The Bertz CT molecular complexity index is 485. The van der Waals surface area contributed by atoms with Crippen LogP contribution in [0.4, 0.5) is 0 Å². The third kappa shape index (κ3) is 2.02. The van der Waals surface area contributed by atoms with Gasteiger partial charge in [-0.3, -0.25) is 0 Å². The molecule has 0 bridgehead atoms. The SMILES string of the molecule is CNCc1occc1-c1ccc(C)c(C)c1. The highest BCUT2D eigenvalue weighted by Crippen LogP contribution is 2.26. The van der Waals surface area contributed by atoms with Crippen LogP contribution in [-0.2, 0) is 6.54 Å². The van der Waals surface area contributed by atoms with E-state index in [1.807, 2.05) is 13.1 Å². The van der Waals surface area contributed by atoms with Crippen molar-refractivity contribution in [1.29, 1.82) is 0 Å². The number of benzene rings is 1. The Balaban J connectivity index is 2.42. The lowest BCUT2D eigenvalue weighted by molar-refractivity contribution is 0.497. The second-order valence-corrected chi connectivity index (χ2v) is 4.09. The number of hydrogen-bond acceptors (Lipinski definition) is 2. The summed E-state index contributed by atoms with van der Waals surface area (Å²) in [5, 5.41) is 3.11. The fraction of sp³-hybridized carbons (Fsp3) is 0.286. The van der Waals surface area contributed by atoms with E-state index in [4.69, 9.17) is 4.42 Å². The molecule has 0 aliphatic carbocycles. The summed E-state index contributed by atoms with van der Waals surface area (Å²) in [6.45, 7) is 5.02. The summed E-state index contributed by atoms with van der Waals surface area (Å²) in [6, 6.07) is 8.53. The van der Waals surface area contributed by atoms with E-state index >= 15 is 0 Å². The summed E-state index contributed by atoms with van der Waals surface area (Å²) >= 11 is 0. The number of nitrogens with one attached hydrogen (secondary N) is 1. The molecule has 2 aromatic rings. The van der Waals surface area contributed by atoms with Crippen LogP contribution in [0.1, 0.15) is 16.9 Å². The molecule has 0 amide bonds. The predicted molar refractivity (Wildman–Crippen MR) is 66.4 cm³/mol. The summed E-state index contributed by atoms with van der Waals surface area (Å²) in [6.07, 6.45) is 1.75. The van der Waals surface area contributed by atoms with Crippen LogP contribution < -0.4 is 5.32 Å². The molecular formula is C14H17NO. The molecular weight excluding hydrogens is 198 g/mol. The van der Waals surface area contributed by atoms with Gasteiger partial charge in [-0.15, -0.1) is 0 Å². The molecule has 0 aliphatic heterocycles. The van der Waals surface area contributed by atoms with E-state index in [9.17, 15) is 0 Å². The lowest BCUT2D eigenvalue weighted by atomic mass is 10.0. The smallest absolute Gasteiger partial charge is 0.125 e. The first-order valence-electron chi connectivity index (χ1n) is 5.51. The van der Waals surface area contributed by atoms with Gasteiger partial charge in [0.25, 0.3) is 0 Å². The van der Waals surface area contributed by atoms with Crippen LogP contribution in [0.5, 0.6) is 0 Å². The van der Waals surface area contributed by atoms with E-state index in [0.717, 1.165) is 12.3 Å². The van der Waals surface area contributed by atoms with E-state index in [-0.39, 0.29) is 0 Å². The molecule has 0 fully saturated rings. The Morgan fingerprint density at radius 2 is 1.94 bits per heavy atom. The molecule has 84 valence electrons. The van der Waals surface area contributed by atoms with E-state index in [2.05, 4.69) is 37.4 Å². The van der Waals surface area contributed by atoms with E-state index in [1.165, 1.54) is 22.3 Å². The minimum Gasteiger partial charge on any atom is -0.467 e. The molecule has 0 spiro atoms. The Labute approximate surface area is 96.3 Å². The summed E-state index contributed by atoms with van der Waals surface area (Å²) in [7, 11) is 1.92. The van der Waals surface area contributed by atoms with Crippen molar-refractivity contribution < 1.29 is 4.42 Å². The fourth-order valence-electron chi connectivity index (χ4n) is 1.80. The van der Waals surface area contributed by atoms with Crippen molar-refractivity contribution in [3.8, 4) is 11.1 Å². The average molecular weight is 215 g/mol. The molecule has 16 heavy (non-hydrogen) atoms. The van der Waals surface area contributed by atoms with Gasteiger partial charge in [0.05, 0.1) is 12.8 Å². The maximum Gasteiger partial charge on any atom is 0.125 e. The molecule has 1 heterocycles. The first-order valence-corrected chi connectivity index (χ1v) is 5.51. The Kier molecular flexibility index (Phi) is 3.11. The maximum atomic E-state index is 5.47. The molecule has 0 atom stereocenters. The molecule has 1 aromatic heterocycles. The molecule has 1 aromatic carbocycles. The van der Waals surface area contributed by atoms with Crippen LogP contribution in [0, 0.1) is 13.8 Å². The fourth-order valence-corrected chi connectivity index (χ4v) is 1.80. The highest BCUT2D eigenvalue weighted by molar-refractivity contribution is 5.66. The molecule has 2 rings (SSSR count). The zero-order valence-corrected chi connectivity index (χ0v) is 10.0. The highest BCUT2D eigenvalue weighted by atomic mass is 16.3. The largest absolute Gasteiger partial charge is 0.467 e. The van der Waals surface area contributed by atoms with Crippen LogP contribution in [0.15, 0.2) is 34.9 Å². The topological polar surface area (TPSA) is 25.2 Å². The van der Waals surface area contributed by atoms with Gasteiger partial charge < -0.3 is 9.73 Å². The second-order valence-electron chi connectivity index (χ2n) is 4.09. The zero-order valence-electron chi connectivity index (χ0n) is 10.0. The van der Waals surface area contributed by atoms with Gasteiger partial charge in [-0.25, -0.2) is 0 Å². The lowest BCUT2D eigenvalue weighted by Crippen LogP contribution is -2.04. The first-order chi connectivity index (χ1) is 7.72. The van der Waals surface area contributed by atoms with Crippen molar-refractivity contribution in [2.24, 2.45) is 0 Å². The van der Waals surface area contributed by atoms with Crippen molar-refractivity contribution in [3.05, 3.63) is 47.4 Å².